The normalized spacial score (nSPS) is 16.8. The highest BCUT2D eigenvalue weighted by molar-refractivity contribution is 6.02. The molecule has 1 N–H and O–H groups in total. The number of benzene rings is 3. The summed E-state index contributed by atoms with van der Waals surface area (Å²) in [5.41, 5.74) is 7.77. The quantitative estimate of drug-likeness (QED) is 0.211. The molecule has 1 saturated carbocycles. The van der Waals surface area contributed by atoms with Crippen molar-refractivity contribution >= 4 is 11.4 Å². The van der Waals surface area contributed by atoms with Crippen molar-refractivity contribution in [3.63, 3.8) is 0 Å². The fourth-order valence-electron chi connectivity index (χ4n) is 5.49. The van der Waals surface area contributed by atoms with Crippen LogP contribution in [-0.2, 0) is 6.42 Å². The van der Waals surface area contributed by atoms with Crippen molar-refractivity contribution in [2.24, 2.45) is 10.9 Å². The minimum Gasteiger partial charge on any atom is -0.494 e. The van der Waals surface area contributed by atoms with Crippen LogP contribution in [0.2, 0.25) is 0 Å². The van der Waals surface area contributed by atoms with Crippen molar-refractivity contribution in [2.45, 2.75) is 58.5 Å². The van der Waals surface area contributed by atoms with E-state index in [9.17, 15) is 4.79 Å². The molecule has 1 fully saturated rings. The number of anilines is 1. The monoisotopic (exact) mass is 548 g/mol. The van der Waals surface area contributed by atoms with Gasteiger partial charge in [-0.15, -0.1) is 0 Å². The van der Waals surface area contributed by atoms with E-state index in [0.29, 0.717) is 18.3 Å². The van der Waals surface area contributed by atoms with Gasteiger partial charge in [0.05, 0.1) is 6.61 Å². The van der Waals surface area contributed by atoms with Crippen LogP contribution < -0.4 is 15.4 Å². The second kappa shape index (κ2) is 12.0. The number of aromatic amines is 1. The lowest BCUT2D eigenvalue weighted by Gasteiger charge is -2.34. The van der Waals surface area contributed by atoms with E-state index in [1.807, 2.05) is 31.2 Å². The van der Waals surface area contributed by atoms with Gasteiger partial charge in [0.1, 0.15) is 11.9 Å². The predicted molar refractivity (Wildman–Crippen MR) is 163 cm³/mol. The number of hydrogen-bond donors (Lipinski definition) is 1. The molecule has 3 aromatic carbocycles. The SMILES string of the molecule is CCCCC1=NC(C2CC2)N(c2ccc(OCC)cc2)C=C1Cc1ccc(-c2ccccc2-c2noc(=O)[nH]2)cc1. The van der Waals surface area contributed by atoms with Crippen molar-refractivity contribution in [1.82, 2.24) is 10.1 Å². The molecule has 210 valence electrons. The average Bonchev–Trinajstić information content (AvgIpc) is 3.76. The molecule has 0 saturated heterocycles. The summed E-state index contributed by atoms with van der Waals surface area (Å²) in [5, 5.41) is 3.89. The van der Waals surface area contributed by atoms with Crippen LogP contribution in [0.15, 0.2) is 98.9 Å². The third-order valence-corrected chi connectivity index (χ3v) is 7.78. The molecule has 1 aliphatic heterocycles. The van der Waals surface area contributed by atoms with Gasteiger partial charge in [-0.1, -0.05) is 67.0 Å². The summed E-state index contributed by atoms with van der Waals surface area (Å²) in [4.78, 5) is 22.0. The highest BCUT2D eigenvalue weighted by atomic mass is 16.5. The van der Waals surface area contributed by atoms with E-state index in [-0.39, 0.29) is 6.17 Å². The van der Waals surface area contributed by atoms with Gasteiger partial charge in [0.2, 0.25) is 0 Å². The topological polar surface area (TPSA) is 83.7 Å². The maximum Gasteiger partial charge on any atom is 0.439 e. The Morgan fingerprint density at radius 2 is 1.73 bits per heavy atom. The Bertz CT molecular complexity index is 1590. The summed E-state index contributed by atoms with van der Waals surface area (Å²) in [5.74, 6) is 1.37. The Morgan fingerprint density at radius 1 is 0.976 bits per heavy atom. The molecule has 0 bridgehead atoms. The van der Waals surface area contributed by atoms with Crippen LogP contribution in [0.3, 0.4) is 0 Å². The fraction of sp³-hybridized carbons (Fsp3) is 0.324. The van der Waals surface area contributed by atoms with Gasteiger partial charge in [-0.2, -0.15) is 0 Å². The molecule has 1 atom stereocenters. The van der Waals surface area contributed by atoms with Crippen LogP contribution in [0.1, 0.15) is 51.5 Å². The van der Waals surface area contributed by atoms with Crippen LogP contribution in [0.25, 0.3) is 22.5 Å². The second-order valence-corrected chi connectivity index (χ2v) is 10.8. The van der Waals surface area contributed by atoms with E-state index in [0.717, 1.165) is 53.8 Å². The number of hydrogen-bond acceptors (Lipinski definition) is 6. The summed E-state index contributed by atoms with van der Waals surface area (Å²) >= 11 is 0. The van der Waals surface area contributed by atoms with Crippen LogP contribution in [-0.4, -0.2) is 28.6 Å². The maximum atomic E-state index is 11.5. The number of aliphatic imine (C=N–C) groups is 1. The molecule has 1 aromatic heterocycles. The first-order valence-electron chi connectivity index (χ1n) is 14.7. The molecule has 1 aliphatic carbocycles. The highest BCUT2D eigenvalue weighted by Crippen LogP contribution is 2.41. The molecular formula is C34H36N4O3. The number of aromatic nitrogens is 2. The van der Waals surface area contributed by atoms with Crippen molar-refractivity contribution in [2.75, 3.05) is 11.5 Å². The number of nitrogens with zero attached hydrogens (tertiary/aromatic N) is 3. The molecule has 6 rings (SSSR count). The van der Waals surface area contributed by atoms with E-state index < -0.39 is 5.76 Å². The molecule has 0 spiro atoms. The lowest BCUT2D eigenvalue weighted by molar-refractivity contribution is 0.340. The first kappa shape index (κ1) is 26.8. The predicted octanol–water partition coefficient (Wildman–Crippen LogP) is 7.41. The first-order valence-corrected chi connectivity index (χ1v) is 14.7. The standard InChI is InChI=1S/C34H36N4O3/c1-3-5-10-31-26(22-38(33(35-31)25-15-16-25)27-17-19-28(20-18-27)40-4-2)21-23-11-13-24(14-12-23)29-8-6-7-9-30(29)32-36-34(39)41-37-32/h6-9,11-14,17-20,22,25,33H,3-5,10,15-16,21H2,1-2H3,(H,36,37,39). The fourth-order valence-corrected chi connectivity index (χ4v) is 5.49. The lowest BCUT2D eigenvalue weighted by Crippen LogP contribution is -2.36. The third-order valence-electron chi connectivity index (χ3n) is 7.78. The van der Waals surface area contributed by atoms with Gasteiger partial charge in [-0.05, 0) is 79.1 Å². The van der Waals surface area contributed by atoms with Crippen molar-refractivity contribution in [3.05, 3.63) is 101 Å². The van der Waals surface area contributed by atoms with Crippen LogP contribution in [0.5, 0.6) is 5.75 Å². The Morgan fingerprint density at radius 3 is 2.39 bits per heavy atom. The van der Waals surface area contributed by atoms with Crippen molar-refractivity contribution in [3.8, 4) is 28.3 Å². The molecule has 1 unspecified atom stereocenters. The zero-order chi connectivity index (χ0) is 28.2. The number of allylic oxidation sites excluding steroid dienone is 1. The van der Waals surface area contributed by atoms with Crippen LogP contribution in [0.4, 0.5) is 5.69 Å². The highest BCUT2D eigenvalue weighted by Gasteiger charge is 2.37. The van der Waals surface area contributed by atoms with Crippen molar-refractivity contribution < 1.29 is 9.26 Å². The van der Waals surface area contributed by atoms with Crippen LogP contribution >= 0.6 is 0 Å². The molecule has 7 heteroatoms. The minimum atomic E-state index is -0.561. The lowest BCUT2D eigenvalue weighted by atomic mass is 9.94. The van der Waals surface area contributed by atoms with Crippen molar-refractivity contribution in [1.29, 1.82) is 0 Å². The summed E-state index contributed by atoms with van der Waals surface area (Å²) in [6.07, 6.45) is 9.07. The van der Waals surface area contributed by atoms with Gasteiger partial charge >= 0.3 is 5.76 Å². The average molecular weight is 549 g/mol. The Labute approximate surface area is 240 Å². The maximum absolute atomic E-state index is 11.5. The Hall–Kier alpha value is -4.39. The van der Waals surface area contributed by atoms with E-state index in [4.69, 9.17) is 14.3 Å². The van der Waals surface area contributed by atoms with E-state index in [2.05, 4.69) is 76.7 Å². The molecule has 2 heterocycles. The van der Waals surface area contributed by atoms with Gasteiger partial charge in [-0.25, -0.2) is 4.79 Å². The third kappa shape index (κ3) is 6.04. The number of ether oxygens (including phenoxy) is 1. The zero-order valence-electron chi connectivity index (χ0n) is 23.7. The Kier molecular flexibility index (Phi) is 7.85. The number of nitrogens with one attached hydrogen (secondary N) is 1. The molecular weight excluding hydrogens is 512 g/mol. The summed E-state index contributed by atoms with van der Waals surface area (Å²) < 4.78 is 10.4. The van der Waals surface area contributed by atoms with E-state index in [1.54, 1.807) is 0 Å². The molecule has 0 amide bonds. The molecule has 2 aliphatic rings. The van der Waals surface area contributed by atoms with E-state index in [1.165, 1.54) is 29.7 Å². The minimum absolute atomic E-state index is 0.158. The number of rotatable bonds is 11. The zero-order valence-corrected chi connectivity index (χ0v) is 23.7. The first-order chi connectivity index (χ1) is 20.1. The molecule has 41 heavy (non-hydrogen) atoms. The van der Waals surface area contributed by atoms with Crippen LogP contribution in [0, 0.1) is 5.92 Å². The van der Waals surface area contributed by atoms with Gasteiger partial charge < -0.3 is 9.64 Å². The molecule has 4 aromatic rings. The van der Waals surface area contributed by atoms with E-state index >= 15 is 0 Å². The largest absolute Gasteiger partial charge is 0.494 e. The number of unbranched alkanes of at least 4 members (excludes halogenated alkanes) is 1. The summed E-state index contributed by atoms with van der Waals surface area (Å²) in [6, 6.07) is 24.9. The second-order valence-electron chi connectivity index (χ2n) is 10.8. The summed E-state index contributed by atoms with van der Waals surface area (Å²) in [7, 11) is 0. The smallest absolute Gasteiger partial charge is 0.439 e. The number of H-pyrrole nitrogens is 1. The summed E-state index contributed by atoms with van der Waals surface area (Å²) in [6.45, 7) is 4.91. The molecule has 0 radical (unpaired) electrons. The van der Waals surface area contributed by atoms with Gasteiger partial charge in [0.25, 0.3) is 0 Å². The van der Waals surface area contributed by atoms with Gasteiger partial charge in [0, 0.05) is 35.5 Å². The Balaban J connectivity index is 1.29. The van der Waals surface area contributed by atoms with Gasteiger partial charge in [0.15, 0.2) is 5.82 Å². The van der Waals surface area contributed by atoms with Gasteiger partial charge in [-0.3, -0.25) is 14.5 Å². The molecule has 7 nitrogen and oxygen atoms in total.